The third kappa shape index (κ3) is 4.61. The van der Waals surface area contributed by atoms with Gasteiger partial charge < -0.3 is 15.3 Å². The summed E-state index contributed by atoms with van der Waals surface area (Å²) in [5, 5.41) is 12.4. The first-order valence-corrected chi connectivity index (χ1v) is 7.96. The molecule has 0 aromatic carbocycles. The third-order valence-corrected chi connectivity index (χ3v) is 4.55. The van der Waals surface area contributed by atoms with Crippen LogP contribution in [0.3, 0.4) is 0 Å². The van der Waals surface area contributed by atoms with E-state index >= 15 is 0 Å². The van der Waals surface area contributed by atoms with Gasteiger partial charge in [-0.3, -0.25) is 0 Å². The molecule has 5 nitrogen and oxygen atoms in total. The molecule has 3 unspecified atom stereocenters. The van der Waals surface area contributed by atoms with E-state index in [1.807, 2.05) is 13.8 Å². The second kappa shape index (κ2) is 7.14. The lowest BCUT2D eigenvalue weighted by molar-refractivity contribution is -0.146. The molecule has 0 saturated heterocycles. The minimum Gasteiger partial charge on any atom is -0.480 e. The van der Waals surface area contributed by atoms with Crippen molar-refractivity contribution in [1.82, 2.24) is 10.2 Å². The summed E-state index contributed by atoms with van der Waals surface area (Å²) in [6.45, 7) is 8.28. The van der Waals surface area contributed by atoms with E-state index in [1.54, 1.807) is 11.9 Å². The van der Waals surface area contributed by atoms with E-state index in [-0.39, 0.29) is 12.1 Å². The van der Waals surface area contributed by atoms with Crippen molar-refractivity contribution in [3.8, 4) is 0 Å². The number of hydrogen-bond acceptors (Lipinski definition) is 2. The van der Waals surface area contributed by atoms with Gasteiger partial charge in [0.15, 0.2) is 0 Å². The fraction of sp³-hybridized carbons (Fsp3) is 0.875. The van der Waals surface area contributed by atoms with Gasteiger partial charge in [-0.25, -0.2) is 9.59 Å². The Morgan fingerprint density at radius 3 is 2.48 bits per heavy atom. The van der Waals surface area contributed by atoms with Crippen LogP contribution < -0.4 is 5.32 Å². The Balaban J connectivity index is 2.75. The maximum absolute atomic E-state index is 12.4. The SMILES string of the molecule is CC(C)CC(C)N(C)C(=O)NC1(C(=O)O)CCCC(C)C1. The maximum atomic E-state index is 12.4. The highest BCUT2D eigenvalue weighted by Gasteiger charge is 2.43. The molecular formula is C16H30N2O3. The zero-order valence-electron chi connectivity index (χ0n) is 14.0. The van der Waals surface area contributed by atoms with E-state index in [0.717, 1.165) is 19.3 Å². The van der Waals surface area contributed by atoms with Crippen molar-refractivity contribution in [2.45, 2.75) is 71.4 Å². The summed E-state index contributed by atoms with van der Waals surface area (Å²) in [7, 11) is 1.74. The van der Waals surface area contributed by atoms with Gasteiger partial charge in [0.25, 0.3) is 0 Å². The van der Waals surface area contributed by atoms with Crippen LogP contribution in [0.15, 0.2) is 0 Å². The van der Waals surface area contributed by atoms with Crippen molar-refractivity contribution in [3.05, 3.63) is 0 Å². The van der Waals surface area contributed by atoms with Crippen LogP contribution in [0.5, 0.6) is 0 Å². The molecule has 1 saturated carbocycles. The Morgan fingerprint density at radius 2 is 2.00 bits per heavy atom. The van der Waals surface area contributed by atoms with Crippen molar-refractivity contribution < 1.29 is 14.7 Å². The number of nitrogens with one attached hydrogen (secondary N) is 1. The molecule has 3 atom stereocenters. The molecular weight excluding hydrogens is 268 g/mol. The van der Waals surface area contributed by atoms with Crippen LogP contribution in [0.25, 0.3) is 0 Å². The van der Waals surface area contributed by atoms with Crippen LogP contribution in [0.1, 0.15) is 59.8 Å². The molecule has 0 aromatic heterocycles. The Hall–Kier alpha value is -1.26. The van der Waals surface area contributed by atoms with E-state index in [0.29, 0.717) is 24.7 Å². The summed E-state index contributed by atoms with van der Waals surface area (Å²) in [6, 6.07) is -0.184. The van der Waals surface area contributed by atoms with Gasteiger partial charge in [-0.2, -0.15) is 0 Å². The topological polar surface area (TPSA) is 69.6 Å². The van der Waals surface area contributed by atoms with Gasteiger partial charge in [-0.1, -0.05) is 33.6 Å². The molecule has 1 aliphatic rings. The average Bonchev–Trinajstić information content (AvgIpc) is 2.36. The second-order valence-corrected chi connectivity index (χ2v) is 7.11. The van der Waals surface area contributed by atoms with E-state index in [1.165, 1.54) is 0 Å². The van der Waals surface area contributed by atoms with Crippen LogP contribution >= 0.6 is 0 Å². The Morgan fingerprint density at radius 1 is 1.38 bits per heavy atom. The molecule has 1 rings (SSSR count). The van der Waals surface area contributed by atoms with Crippen LogP contribution in [0.4, 0.5) is 4.79 Å². The lowest BCUT2D eigenvalue weighted by Gasteiger charge is -2.39. The minimum absolute atomic E-state index is 0.0943. The highest BCUT2D eigenvalue weighted by Crippen LogP contribution is 2.32. The lowest BCUT2D eigenvalue weighted by atomic mass is 9.76. The summed E-state index contributed by atoms with van der Waals surface area (Å²) < 4.78 is 0. The molecule has 0 spiro atoms. The zero-order chi connectivity index (χ0) is 16.2. The molecule has 2 N–H and O–H groups in total. The molecule has 1 fully saturated rings. The van der Waals surface area contributed by atoms with Crippen molar-refractivity contribution in [2.75, 3.05) is 7.05 Å². The first-order valence-electron chi connectivity index (χ1n) is 7.96. The van der Waals surface area contributed by atoms with Crippen LogP contribution in [0, 0.1) is 11.8 Å². The summed E-state index contributed by atoms with van der Waals surface area (Å²) >= 11 is 0. The number of carboxylic acid groups (broad SMARTS) is 1. The molecule has 5 heteroatoms. The van der Waals surface area contributed by atoms with Crippen LogP contribution in [-0.4, -0.2) is 40.6 Å². The number of carbonyl (C=O) groups is 2. The van der Waals surface area contributed by atoms with Gasteiger partial charge in [0, 0.05) is 13.1 Å². The number of hydrogen-bond donors (Lipinski definition) is 2. The Labute approximate surface area is 128 Å². The van der Waals surface area contributed by atoms with E-state index < -0.39 is 11.5 Å². The average molecular weight is 298 g/mol. The number of carboxylic acids is 1. The van der Waals surface area contributed by atoms with Gasteiger partial charge in [0.05, 0.1) is 0 Å². The zero-order valence-corrected chi connectivity index (χ0v) is 14.0. The molecule has 21 heavy (non-hydrogen) atoms. The fourth-order valence-corrected chi connectivity index (χ4v) is 3.25. The van der Waals surface area contributed by atoms with Crippen LogP contribution in [-0.2, 0) is 4.79 Å². The predicted molar refractivity (Wildman–Crippen MR) is 83.2 cm³/mol. The number of aliphatic carboxylic acids is 1. The second-order valence-electron chi connectivity index (χ2n) is 7.11. The maximum Gasteiger partial charge on any atom is 0.329 e. The third-order valence-electron chi connectivity index (χ3n) is 4.55. The van der Waals surface area contributed by atoms with Gasteiger partial charge in [0.1, 0.15) is 5.54 Å². The van der Waals surface area contributed by atoms with Crippen molar-refractivity contribution in [3.63, 3.8) is 0 Å². The largest absolute Gasteiger partial charge is 0.480 e. The summed E-state index contributed by atoms with van der Waals surface area (Å²) in [4.78, 5) is 25.7. The highest BCUT2D eigenvalue weighted by molar-refractivity contribution is 5.86. The first kappa shape index (κ1) is 17.8. The summed E-state index contributed by atoms with van der Waals surface area (Å²) in [6.07, 6.45) is 3.81. The first-order chi connectivity index (χ1) is 9.68. The van der Waals surface area contributed by atoms with Crippen molar-refractivity contribution in [1.29, 1.82) is 0 Å². The quantitative estimate of drug-likeness (QED) is 0.819. The van der Waals surface area contributed by atoms with Crippen molar-refractivity contribution >= 4 is 12.0 Å². The molecule has 2 amide bonds. The number of nitrogens with zero attached hydrogens (tertiary/aromatic N) is 1. The highest BCUT2D eigenvalue weighted by atomic mass is 16.4. The van der Waals surface area contributed by atoms with Gasteiger partial charge >= 0.3 is 12.0 Å². The molecule has 122 valence electrons. The molecule has 0 heterocycles. The van der Waals surface area contributed by atoms with E-state index in [4.69, 9.17) is 0 Å². The molecule has 0 bridgehead atoms. The monoisotopic (exact) mass is 298 g/mol. The number of carbonyl (C=O) groups excluding carboxylic acids is 1. The minimum atomic E-state index is -1.10. The molecule has 0 aromatic rings. The molecule has 1 aliphatic carbocycles. The predicted octanol–water partition coefficient (Wildman–Crippen LogP) is 3.10. The van der Waals surface area contributed by atoms with E-state index in [2.05, 4.69) is 19.2 Å². The Bertz CT molecular complexity index is 384. The van der Waals surface area contributed by atoms with Gasteiger partial charge in [0.2, 0.25) is 0 Å². The van der Waals surface area contributed by atoms with Crippen molar-refractivity contribution in [2.24, 2.45) is 11.8 Å². The standard InChI is InChI=1S/C16H30N2O3/c1-11(2)9-13(4)18(5)15(21)17-16(14(19)20)8-6-7-12(3)10-16/h11-13H,6-10H2,1-5H3,(H,17,21)(H,19,20). The number of rotatable bonds is 5. The van der Waals surface area contributed by atoms with Gasteiger partial charge in [-0.15, -0.1) is 0 Å². The van der Waals surface area contributed by atoms with Crippen LogP contribution in [0.2, 0.25) is 0 Å². The van der Waals surface area contributed by atoms with Gasteiger partial charge in [-0.05, 0) is 38.0 Å². The normalized spacial score (nSPS) is 27.2. The lowest BCUT2D eigenvalue weighted by Crippen LogP contribution is -2.60. The molecule has 0 radical (unpaired) electrons. The fourth-order valence-electron chi connectivity index (χ4n) is 3.25. The number of amides is 2. The summed E-state index contributed by atoms with van der Waals surface area (Å²) in [5.41, 5.74) is -1.10. The summed E-state index contributed by atoms with van der Waals surface area (Å²) in [5.74, 6) is -0.0840. The molecule has 0 aliphatic heterocycles. The Kier molecular flexibility index (Phi) is 6.05. The smallest absolute Gasteiger partial charge is 0.329 e. The van der Waals surface area contributed by atoms with E-state index in [9.17, 15) is 14.7 Å². The number of urea groups is 1.